The number of nitrogens with zero attached hydrogens (tertiary/aromatic N) is 2. The zero-order chi connectivity index (χ0) is 24.5. The summed E-state index contributed by atoms with van der Waals surface area (Å²) in [6.45, 7) is -1.07. The monoisotopic (exact) mass is 502 g/mol. The molecule has 0 saturated carbocycles. The van der Waals surface area contributed by atoms with E-state index < -0.39 is 37.0 Å². The van der Waals surface area contributed by atoms with Gasteiger partial charge in [0.05, 0.1) is 21.2 Å². The first-order valence-corrected chi connectivity index (χ1v) is 10.3. The van der Waals surface area contributed by atoms with Gasteiger partial charge in [0, 0.05) is 12.4 Å². The molecule has 0 spiro atoms. The normalized spacial score (nSPS) is 10.2. The highest BCUT2D eigenvalue weighted by Crippen LogP contribution is 2.11. The van der Waals surface area contributed by atoms with E-state index in [1.165, 1.54) is 48.8 Å². The van der Waals surface area contributed by atoms with Gasteiger partial charge in [0.15, 0.2) is 13.2 Å². The number of ether oxygens (including phenoxy) is 2. The van der Waals surface area contributed by atoms with Crippen molar-refractivity contribution in [3.8, 4) is 0 Å². The minimum Gasteiger partial charge on any atom is -0.452 e. The zero-order valence-corrected chi connectivity index (χ0v) is 18.8. The highest BCUT2D eigenvalue weighted by molar-refractivity contribution is 6.30. The first-order valence-electron chi connectivity index (χ1n) is 9.57. The molecule has 0 saturated heterocycles. The molecule has 0 unspecified atom stereocenters. The van der Waals surface area contributed by atoms with Crippen molar-refractivity contribution in [1.29, 1.82) is 0 Å². The maximum atomic E-state index is 12.1. The summed E-state index contributed by atoms with van der Waals surface area (Å²) in [5.41, 5.74) is 0.223. The average Bonchev–Trinajstić information content (AvgIpc) is 2.84. The van der Waals surface area contributed by atoms with E-state index in [1.54, 1.807) is 12.1 Å². The Balaban J connectivity index is 1.43. The number of carbonyl (C=O) groups is 4. The van der Waals surface area contributed by atoms with Gasteiger partial charge in [-0.2, -0.15) is 0 Å². The number of esters is 2. The number of hydrogen-bond donors (Lipinski definition) is 2. The van der Waals surface area contributed by atoms with Gasteiger partial charge in [0.2, 0.25) is 0 Å². The van der Waals surface area contributed by atoms with E-state index in [-0.39, 0.29) is 22.8 Å². The highest BCUT2D eigenvalue weighted by atomic mass is 35.5. The van der Waals surface area contributed by atoms with Crippen LogP contribution in [0.4, 0.5) is 11.6 Å². The molecule has 2 amide bonds. The van der Waals surface area contributed by atoms with Crippen molar-refractivity contribution in [2.75, 3.05) is 23.8 Å². The maximum absolute atomic E-state index is 12.1. The predicted molar refractivity (Wildman–Crippen MR) is 123 cm³/mol. The zero-order valence-electron chi connectivity index (χ0n) is 17.3. The Morgan fingerprint density at radius 2 is 1.03 bits per heavy atom. The van der Waals surface area contributed by atoms with Crippen molar-refractivity contribution in [1.82, 2.24) is 9.97 Å². The van der Waals surface area contributed by atoms with E-state index in [9.17, 15) is 19.2 Å². The summed E-state index contributed by atoms with van der Waals surface area (Å²) in [5.74, 6) is -2.20. The van der Waals surface area contributed by atoms with Crippen LogP contribution in [0.25, 0.3) is 0 Å². The van der Waals surface area contributed by atoms with Crippen LogP contribution in [0.15, 0.2) is 60.9 Å². The molecule has 0 bridgehead atoms. The molecule has 0 radical (unpaired) electrons. The topological polar surface area (TPSA) is 137 Å². The van der Waals surface area contributed by atoms with Crippen molar-refractivity contribution in [3.05, 3.63) is 82.1 Å². The smallest absolute Gasteiger partial charge is 0.338 e. The Labute approximate surface area is 203 Å². The minimum absolute atomic E-state index is 0.112. The van der Waals surface area contributed by atoms with Crippen LogP contribution in [0.3, 0.4) is 0 Å². The molecule has 0 aliphatic heterocycles. The summed E-state index contributed by atoms with van der Waals surface area (Å²) in [6.07, 6.45) is 2.72. The molecule has 2 N–H and O–H groups in total. The summed E-state index contributed by atoms with van der Waals surface area (Å²) in [5, 5.41) is 5.73. The van der Waals surface area contributed by atoms with Crippen molar-refractivity contribution >= 4 is 58.6 Å². The molecule has 174 valence electrons. The van der Waals surface area contributed by atoms with Gasteiger partial charge in [-0.25, -0.2) is 19.6 Å². The van der Waals surface area contributed by atoms with Crippen LogP contribution in [0.5, 0.6) is 0 Å². The Morgan fingerprint density at radius 3 is 1.35 bits per heavy atom. The molecule has 1 aromatic carbocycles. The first-order chi connectivity index (χ1) is 16.3. The van der Waals surface area contributed by atoms with E-state index in [0.29, 0.717) is 10.0 Å². The number of anilines is 2. The van der Waals surface area contributed by atoms with Gasteiger partial charge in [-0.3, -0.25) is 9.59 Å². The van der Waals surface area contributed by atoms with E-state index in [2.05, 4.69) is 20.6 Å². The molecule has 0 aliphatic rings. The summed E-state index contributed by atoms with van der Waals surface area (Å²) in [6, 6.07) is 11.4. The number of hydrogen-bond acceptors (Lipinski definition) is 8. The Morgan fingerprint density at radius 1 is 0.647 bits per heavy atom. The van der Waals surface area contributed by atoms with E-state index in [0.717, 1.165) is 0 Å². The van der Waals surface area contributed by atoms with Crippen LogP contribution in [0.2, 0.25) is 10.0 Å². The number of aromatic nitrogens is 2. The summed E-state index contributed by atoms with van der Waals surface area (Å²) < 4.78 is 9.88. The van der Waals surface area contributed by atoms with Gasteiger partial charge >= 0.3 is 11.9 Å². The quantitative estimate of drug-likeness (QED) is 0.447. The second kappa shape index (κ2) is 11.7. The van der Waals surface area contributed by atoms with Crippen LogP contribution in [-0.2, 0) is 19.1 Å². The van der Waals surface area contributed by atoms with Crippen LogP contribution in [-0.4, -0.2) is 46.9 Å². The number of rotatable bonds is 8. The predicted octanol–water partition coefficient (Wildman–Crippen LogP) is 3.37. The Bertz CT molecular complexity index is 1090. The summed E-state index contributed by atoms with van der Waals surface area (Å²) in [7, 11) is 0. The molecule has 0 aliphatic carbocycles. The molecule has 34 heavy (non-hydrogen) atoms. The lowest BCUT2D eigenvalue weighted by Crippen LogP contribution is -2.22. The molecule has 3 rings (SSSR count). The summed E-state index contributed by atoms with van der Waals surface area (Å²) in [4.78, 5) is 55.8. The highest BCUT2D eigenvalue weighted by Gasteiger charge is 2.14. The third-order valence-electron chi connectivity index (χ3n) is 4.01. The lowest BCUT2D eigenvalue weighted by atomic mass is 10.1. The standard InChI is InChI=1S/C22H16Cl2N4O6/c23-15-5-7-17(25-9-15)27-19(29)11-33-21(31)13-1-2-14(4-3-13)22(32)34-12-20(30)28-18-8-6-16(24)10-26-18/h1-10H,11-12H2,(H,25,27,29)(H,26,28,30). The van der Waals surface area contributed by atoms with Crippen LogP contribution >= 0.6 is 23.2 Å². The molecule has 0 fully saturated rings. The number of amides is 2. The van der Waals surface area contributed by atoms with Gasteiger partial charge in [-0.05, 0) is 48.5 Å². The van der Waals surface area contributed by atoms with Crippen molar-refractivity contribution in [2.24, 2.45) is 0 Å². The number of nitrogens with one attached hydrogen (secondary N) is 2. The molecule has 10 nitrogen and oxygen atoms in total. The second-order valence-corrected chi connectivity index (χ2v) is 7.42. The number of benzene rings is 1. The average molecular weight is 503 g/mol. The molecule has 3 aromatic rings. The molecule has 12 heteroatoms. The third kappa shape index (κ3) is 7.54. The number of halogens is 2. The Hall–Kier alpha value is -4.02. The molecule has 2 aromatic heterocycles. The molecule has 0 atom stereocenters. The van der Waals surface area contributed by atoms with Crippen LogP contribution in [0, 0.1) is 0 Å². The van der Waals surface area contributed by atoms with Crippen molar-refractivity contribution in [2.45, 2.75) is 0 Å². The second-order valence-electron chi connectivity index (χ2n) is 6.55. The van der Waals surface area contributed by atoms with E-state index in [1.807, 2.05) is 0 Å². The first kappa shape index (κ1) is 24.6. The van der Waals surface area contributed by atoms with Crippen LogP contribution < -0.4 is 10.6 Å². The lowest BCUT2D eigenvalue weighted by Gasteiger charge is -2.08. The van der Waals surface area contributed by atoms with Crippen molar-refractivity contribution in [3.63, 3.8) is 0 Å². The van der Waals surface area contributed by atoms with Gasteiger partial charge in [-0.1, -0.05) is 23.2 Å². The van der Waals surface area contributed by atoms with Crippen LogP contribution in [0.1, 0.15) is 20.7 Å². The SMILES string of the molecule is O=C(COC(=O)c1ccc(C(=O)OCC(=O)Nc2ccc(Cl)cn2)cc1)Nc1ccc(Cl)cn1. The minimum atomic E-state index is -0.769. The fourth-order valence-corrected chi connectivity index (χ4v) is 2.65. The van der Waals surface area contributed by atoms with E-state index in [4.69, 9.17) is 32.7 Å². The van der Waals surface area contributed by atoms with Gasteiger partial charge < -0.3 is 20.1 Å². The Kier molecular flexibility index (Phi) is 8.49. The number of pyridine rings is 2. The van der Waals surface area contributed by atoms with Crippen molar-refractivity contribution < 1.29 is 28.7 Å². The van der Waals surface area contributed by atoms with Gasteiger partial charge in [0.25, 0.3) is 11.8 Å². The number of carbonyl (C=O) groups excluding carboxylic acids is 4. The fourth-order valence-electron chi connectivity index (χ4n) is 2.43. The molecular weight excluding hydrogens is 487 g/mol. The largest absolute Gasteiger partial charge is 0.452 e. The fraction of sp³-hybridized carbons (Fsp3) is 0.0909. The van der Waals surface area contributed by atoms with Gasteiger partial charge in [-0.15, -0.1) is 0 Å². The lowest BCUT2D eigenvalue weighted by molar-refractivity contribution is -0.119. The van der Waals surface area contributed by atoms with E-state index >= 15 is 0 Å². The summed E-state index contributed by atoms with van der Waals surface area (Å²) >= 11 is 11.4. The molecular formula is C22H16Cl2N4O6. The molecule has 2 heterocycles. The van der Waals surface area contributed by atoms with Gasteiger partial charge in [0.1, 0.15) is 11.6 Å². The maximum Gasteiger partial charge on any atom is 0.338 e. The third-order valence-corrected chi connectivity index (χ3v) is 4.46.